The molecule has 274 valence electrons. The molecule has 2 N–H and O–H groups in total. The monoisotopic (exact) mass is 701 g/mol. The number of thioether (sulfide) groups is 2. The minimum absolute atomic E-state index is 0.0131. The molecule has 0 saturated heterocycles. The third-order valence-corrected chi connectivity index (χ3v) is 11.3. The van der Waals surface area contributed by atoms with Gasteiger partial charge in [-0.05, 0) is 71.6 Å². The van der Waals surface area contributed by atoms with Gasteiger partial charge < -0.3 is 10.4 Å². The fourth-order valence-corrected chi connectivity index (χ4v) is 8.44. The van der Waals surface area contributed by atoms with Crippen LogP contribution in [0.1, 0.15) is 195 Å². The van der Waals surface area contributed by atoms with E-state index in [1.807, 2.05) is 0 Å². The van der Waals surface area contributed by atoms with E-state index in [0.29, 0.717) is 11.7 Å². The van der Waals surface area contributed by atoms with Crippen molar-refractivity contribution in [1.29, 1.82) is 0 Å². The Morgan fingerprint density at radius 1 is 0.583 bits per heavy atom. The van der Waals surface area contributed by atoms with Gasteiger partial charge in [0.1, 0.15) is 5.75 Å². The Kier molecular flexibility index (Phi) is 19.9. The molecular formula is C41H72N4OS2. The lowest BCUT2D eigenvalue weighted by molar-refractivity contribution is 0.282. The highest BCUT2D eigenvalue weighted by Crippen LogP contribution is 2.49. The molecule has 2 rings (SSSR count). The number of unbranched alkanes of at least 4 members (excludes halogenated alkanes) is 10. The highest BCUT2D eigenvalue weighted by Gasteiger charge is 2.33. The zero-order valence-electron chi connectivity index (χ0n) is 32.6. The fourth-order valence-electron chi connectivity index (χ4n) is 6.71. The number of phenols is 1. The molecule has 7 heteroatoms. The van der Waals surface area contributed by atoms with Gasteiger partial charge in [0, 0.05) is 17.2 Å². The van der Waals surface area contributed by atoms with Gasteiger partial charge in [0.2, 0.25) is 5.95 Å². The number of nitrogens with zero attached hydrogens (tertiary/aromatic N) is 3. The molecule has 1 aromatic carbocycles. The Hall–Kier alpha value is -1.47. The SMILES string of the molecule is CCCCCCCCSc1nc(Nc2cc(C(CCC)C(C)(C)C)c(O)c(C(CCC)C(C)(C)C)c2)nc(SCCCCCCCC)n1. The largest absolute Gasteiger partial charge is 0.507 e. The Morgan fingerprint density at radius 3 is 1.35 bits per heavy atom. The second kappa shape index (κ2) is 22.4. The maximum atomic E-state index is 12.0. The third-order valence-electron chi connectivity index (χ3n) is 9.47. The first-order valence-electron chi connectivity index (χ1n) is 19.5. The molecule has 0 radical (unpaired) electrons. The lowest BCUT2D eigenvalue weighted by atomic mass is 9.70. The summed E-state index contributed by atoms with van der Waals surface area (Å²) >= 11 is 3.52. The average Bonchev–Trinajstić information content (AvgIpc) is 3.01. The van der Waals surface area contributed by atoms with Gasteiger partial charge in [-0.2, -0.15) is 15.0 Å². The van der Waals surface area contributed by atoms with Crippen LogP contribution in [0.25, 0.3) is 0 Å². The topological polar surface area (TPSA) is 70.9 Å². The van der Waals surface area contributed by atoms with Crippen LogP contribution in [0.4, 0.5) is 11.6 Å². The van der Waals surface area contributed by atoms with Gasteiger partial charge in [-0.15, -0.1) is 0 Å². The summed E-state index contributed by atoms with van der Waals surface area (Å²) in [5, 5.41) is 17.2. The lowest BCUT2D eigenvalue weighted by Crippen LogP contribution is -2.22. The maximum absolute atomic E-state index is 12.0. The molecule has 0 aliphatic carbocycles. The molecule has 1 heterocycles. The number of phenolic OH excluding ortho intramolecular Hbond substituents is 1. The molecule has 0 spiro atoms. The van der Waals surface area contributed by atoms with Gasteiger partial charge in [-0.1, -0.05) is 170 Å². The van der Waals surface area contributed by atoms with Crippen LogP contribution in [0.5, 0.6) is 5.75 Å². The normalized spacial score (nSPS) is 13.5. The van der Waals surface area contributed by atoms with E-state index in [9.17, 15) is 5.11 Å². The number of aromatic hydroxyl groups is 1. The summed E-state index contributed by atoms with van der Waals surface area (Å²) < 4.78 is 0. The summed E-state index contributed by atoms with van der Waals surface area (Å²) in [5.41, 5.74) is 3.06. The molecule has 0 saturated carbocycles. The Bertz CT molecular complexity index is 1090. The number of hydrogen-bond acceptors (Lipinski definition) is 7. The number of benzene rings is 1. The van der Waals surface area contributed by atoms with Crippen molar-refractivity contribution in [3.63, 3.8) is 0 Å². The molecule has 0 aliphatic heterocycles. The van der Waals surface area contributed by atoms with E-state index in [2.05, 4.69) is 86.7 Å². The molecule has 48 heavy (non-hydrogen) atoms. The maximum Gasteiger partial charge on any atom is 0.232 e. The van der Waals surface area contributed by atoms with Crippen LogP contribution in [-0.4, -0.2) is 31.6 Å². The van der Waals surface area contributed by atoms with Crippen molar-refractivity contribution >= 4 is 35.2 Å². The second-order valence-corrected chi connectivity index (χ2v) is 18.1. The van der Waals surface area contributed by atoms with Crippen molar-refractivity contribution < 1.29 is 5.11 Å². The van der Waals surface area contributed by atoms with Crippen molar-refractivity contribution in [3.05, 3.63) is 23.3 Å². The number of rotatable bonds is 24. The molecule has 2 unspecified atom stereocenters. The van der Waals surface area contributed by atoms with Gasteiger partial charge >= 0.3 is 0 Å². The summed E-state index contributed by atoms with van der Waals surface area (Å²) in [6.07, 6.45) is 19.6. The van der Waals surface area contributed by atoms with Crippen molar-refractivity contribution in [2.24, 2.45) is 10.8 Å². The van der Waals surface area contributed by atoms with E-state index >= 15 is 0 Å². The molecule has 0 fully saturated rings. The van der Waals surface area contributed by atoms with E-state index in [0.717, 1.165) is 64.3 Å². The van der Waals surface area contributed by atoms with Gasteiger partial charge in [-0.3, -0.25) is 0 Å². The van der Waals surface area contributed by atoms with Crippen LogP contribution in [0.3, 0.4) is 0 Å². The van der Waals surface area contributed by atoms with Crippen LogP contribution >= 0.6 is 23.5 Å². The summed E-state index contributed by atoms with van der Waals surface area (Å²) in [5.74, 6) is 3.60. The molecular weight excluding hydrogens is 629 g/mol. The average molecular weight is 701 g/mol. The molecule has 2 aromatic rings. The summed E-state index contributed by atoms with van der Waals surface area (Å²) in [6, 6.07) is 4.35. The molecule has 0 aliphatic rings. The Morgan fingerprint density at radius 2 is 0.979 bits per heavy atom. The zero-order valence-corrected chi connectivity index (χ0v) is 34.3. The van der Waals surface area contributed by atoms with E-state index in [1.54, 1.807) is 23.5 Å². The van der Waals surface area contributed by atoms with E-state index < -0.39 is 0 Å². The number of aromatic nitrogens is 3. The van der Waals surface area contributed by atoms with Crippen LogP contribution in [0.2, 0.25) is 0 Å². The first kappa shape index (κ1) is 42.7. The predicted molar refractivity (Wildman–Crippen MR) is 214 cm³/mol. The predicted octanol–water partition coefficient (Wildman–Crippen LogP) is 14.1. The summed E-state index contributed by atoms with van der Waals surface area (Å²) in [4.78, 5) is 14.8. The van der Waals surface area contributed by atoms with Gasteiger partial charge in [0.15, 0.2) is 10.3 Å². The molecule has 2 atom stereocenters. The second-order valence-electron chi connectivity index (χ2n) is 16.0. The number of anilines is 2. The Labute approximate surface area is 304 Å². The van der Waals surface area contributed by atoms with Crippen LogP contribution in [-0.2, 0) is 0 Å². The summed E-state index contributed by atoms with van der Waals surface area (Å²) in [7, 11) is 0. The molecule has 5 nitrogen and oxygen atoms in total. The fraction of sp³-hybridized carbons (Fsp3) is 0.780. The molecule has 1 aromatic heterocycles. The molecule has 0 bridgehead atoms. The first-order chi connectivity index (χ1) is 22.8. The summed E-state index contributed by atoms with van der Waals surface area (Å²) in [6.45, 7) is 22.8. The van der Waals surface area contributed by atoms with Crippen LogP contribution in [0.15, 0.2) is 22.4 Å². The Balaban J connectivity index is 2.47. The third kappa shape index (κ3) is 15.2. The van der Waals surface area contributed by atoms with E-state index in [1.165, 1.54) is 77.0 Å². The first-order valence-corrected chi connectivity index (χ1v) is 21.5. The van der Waals surface area contributed by atoms with Gasteiger partial charge in [0.25, 0.3) is 0 Å². The van der Waals surface area contributed by atoms with Crippen molar-refractivity contribution in [1.82, 2.24) is 15.0 Å². The zero-order chi connectivity index (χ0) is 35.6. The van der Waals surface area contributed by atoms with Crippen LogP contribution < -0.4 is 5.32 Å². The van der Waals surface area contributed by atoms with Gasteiger partial charge in [0.05, 0.1) is 0 Å². The number of nitrogens with one attached hydrogen (secondary N) is 1. The minimum atomic E-state index is 0.0131. The highest BCUT2D eigenvalue weighted by atomic mass is 32.2. The number of hydrogen-bond donors (Lipinski definition) is 2. The highest BCUT2D eigenvalue weighted by molar-refractivity contribution is 7.99. The minimum Gasteiger partial charge on any atom is -0.507 e. The van der Waals surface area contributed by atoms with Crippen molar-refractivity contribution in [2.45, 2.75) is 194 Å². The quantitative estimate of drug-likeness (QED) is 0.0641. The smallest absolute Gasteiger partial charge is 0.232 e. The van der Waals surface area contributed by atoms with Gasteiger partial charge in [-0.25, -0.2) is 0 Å². The lowest BCUT2D eigenvalue weighted by Gasteiger charge is -2.36. The van der Waals surface area contributed by atoms with Crippen LogP contribution in [0, 0.1) is 10.8 Å². The standard InChI is InChI=1S/C41H72N4OS2/c1-11-15-17-19-21-23-27-47-38-43-37(44-39(45-38)48-28-24-22-20-18-16-12-2)42-31-29-32(34(25-13-3)40(5,6)7)36(46)33(30-31)35(26-14-4)41(8,9)10/h29-30,34-35,46H,11-28H2,1-10H3,(H,42,43,44,45). The van der Waals surface area contributed by atoms with E-state index in [-0.39, 0.29) is 22.7 Å². The molecule has 0 amide bonds. The van der Waals surface area contributed by atoms with Crippen molar-refractivity contribution in [2.75, 3.05) is 16.8 Å². The van der Waals surface area contributed by atoms with E-state index in [4.69, 9.17) is 15.0 Å². The van der Waals surface area contributed by atoms with Crippen molar-refractivity contribution in [3.8, 4) is 5.75 Å².